The van der Waals surface area contributed by atoms with Crippen LogP contribution in [-0.4, -0.2) is 36.5 Å². The van der Waals surface area contributed by atoms with E-state index >= 15 is 0 Å². The van der Waals surface area contributed by atoms with Crippen LogP contribution in [0.2, 0.25) is 0 Å². The molecule has 0 saturated heterocycles. The van der Waals surface area contributed by atoms with E-state index in [9.17, 15) is 10.1 Å². The molecule has 10 heteroatoms. The largest absolute Gasteiger partial charge is 0.493 e. The molecule has 0 atom stereocenters. The first-order chi connectivity index (χ1) is 10.0. The molecular weight excluding hydrogens is 302 g/mol. The van der Waals surface area contributed by atoms with Crippen molar-refractivity contribution in [2.24, 2.45) is 0 Å². The highest BCUT2D eigenvalue weighted by molar-refractivity contribution is 7.80. The van der Waals surface area contributed by atoms with Gasteiger partial charge >= 0.3 is 5.69 Å². The van der Waals surface area contributed by atoms with E-state index in [-0.39, 0.29) is 39.6 Å². The lowest BCUT2D eigenvalue weighted by atomic mass is 10.1. The van der Waals surface area contributed by atoms with E-state index in [1.54, 1.807) is 0 Å². The number of aromatic nitrogens is 2. The van der Waals surface area contributed by atoms with Gasteiger partial charge in [-0.1, -0.05) is 12.6 Å². The van der Waals surface area contributed by atoms with Crippen LogP contribution in [0.5, 0.6) is 17.2 Å². The van der Waals surface area contributed by atoms with Crippen molar-refractivity contribution in [3.63, 3.8) is 0 Å². The molecule has 0 amide bonds. The molecule has 21 heavy (non-hydrogen) atoms. The molecule has 0 aliphatic carbocycles. The first kappa shape index (κ1) is 14.9. The fourth-order valence-electron chi connectivity index (χ4n) is 1.81. The molecule has 0 spiro atoms. The number of benzene rings is 1. The smallest absolute Gasteiger partial charge is 0.327 e. The minimum Gasteiger partial charge on any atom is -0.493 e. The van der Waals surface area contributed by atoms with Crippen LogP contribution in [0.3, 0.4) is 0 Å². The van der Waals surface area contributed by atoms with Gasteiger partial charge in [-0.25, -0.2) is 0 Å². The number of methoxy groups -OCH3 is 3. The Hall–Kier alpha value is -2.49. The van der Waals surface area contributed by atoms with Crippen molar-refractivity contribution in [2.45, 2.75) is 5.22 Å². The van der Waals surface area contributed by atoms with Crippen molar-refractivity contribution in [1.82, 2.24) is 10.2 Å². The van der Waals surface area contributed by atoms with Gasteiger partial charge in [-0.3, -0.25) is 10.1 Å². The zero-order valence-corrected chi connectivity index (χ0v) is 12.2. The third-order valence-electron chi connectivity index (χ3n) is 2.63. The standard InChI is InChI=1S/C11H11N3O6S/c1-17-6-4-5(10-12-13-11(21)20-10)7(14(15)16)9(19-3)8(6)18-2/h4H,1-3H3,(H,13,21). The molecule has 0 N–H and O–H groups in total. The Kier molecular flexibility index (Phi) is 4.17. The Labute approximate surface area is 124 Å². The van der Waals surface area contributed by atoms with Crippen molar-refractivity contribution < 1.29 is 23.6 Å². The fourth-order valence-corrected chi connectivity index (χ4v) is 1.94. The average Bonchev–Trinajstić information content (AvgIpc) is 2.90. The first-order valence-electron chi connectivity index (χ1n) is 5.53. The van der Waals surface area contributed by atoms with E-state index in [1.165, 1.54) is 27.4 Å². The number of ether oxygens (including phenoxy) is 3. The van der Waals surface area contributed by atoms with Crippen molar-refractivity contribution >= 4 is 18.3 Å². The van der Waals surface area contributed by atoms with Crippen molar-refractivity contribution in [3.8, 4) is 28.7 Å². The van der Waals surface area contributed by atoms with Gasteiger partial charge in [0, 0.05) is 6.07 Å². The van der Waals surface area contributed by atoms with Gasteiger partial charge in [0.15, 0.2) is 5.75 Å². The molecule has 0 unspecified atom stereocenters. The van der Waals surface area contributed by atoms with Gasteiger partial charge in [-0.05, 0) is 0 Å². The lowest BCUT2D eigenvalue weighted by Crippen LogP contribution is -2.02. The van der Waals surface area contributed by atoms with Crippen LogP contribution >= 0.6 is 12.6 Å². The number of nitro groups is 1. The number of rotatable bonds is 5. The zero-order chi connectivity index (χ0) is 15.6. The summed E-state index contributed by atoms with van der Waals surface area (Å²) in [5.41, 5.74) is -0.325. The number of thiol groups is 1. The second-order valence-corrected chi connectivity index (χ2v) is 4.07. The van der Waals surface area contributed by atoms with Gasteiger partial charge in [0.1, 0.15) is 5.56 Å². The number of nitro benzene ring substituents is 1. The highest BCUT2D eigenvalue weighted by Crippen LogP contribution is 2.49. The normalized spacial score (nSPS) is 10.3. The van der Waals surface area contributed by atoms with E-state index in [1.807, 2.05) is 0 Å². The molecular formula is C11H11N3O6S. The summed E-state index contributed by atoms with van der Waals surface area (Å²) >= 11 is 3.88. The molecule has 9 nitrogen and oxygen atoms in total. The van der Waals surface area contributed by atoms with Gasteiger partial charge in [0.2, 0.25) is 11.5 Å². The molecule has 0 fully saturated rings. The summed E-state index contributed by atoms with van der Waals surface area (Å²) in [6, 6.07) is 1.36. The second-order valence-electron chi connectivity index (χ2n) is 3.69. The van der Waals surface area contributed by atoms with E-state index in [2.05, 4.69) is 22.8 Å². The van der Waals surface area contributed by atoms with Gasteiger partial charge in [0.25, 0.3) is 11.1 Å². The molecule has 112 valence electrons. The molecule has 0 bridgehead atoms. The molecule has 0 aliphatic heterocycles. The van der Waals surface area contributed by atoms with Crippen molar-refractivity contribution in [1.29, 1.82) is 0 Å². The maximum absolute atomic E-state index is 11.4. The minimum atomic E-state index is -0.626. The summed E-state index contributed by atoms with van der Waals surface area (Å²) in [5, 5.41) is 18.6. The SMILES string of the molecule is COc1cc(-c2nnc(S)o2)c([N+](=O)[O-])c(OC)c1OC. The van der Waals surface area contributed by atoms with Crippen molar-refractivity contribution in [3.05, 3.63) is 16.2 Å². The van der Waals surface area contributed by atoms with Crippen LogP contribution in [-0.2, 0) is 0 Å². The van der Waals surface area contributed by atoms with Gasteiger partial charge in [-0.2, -0.15) is 0 Å². The quantitative estimate of drug-likeness (QED) is 0.507. The summed E-state index contributed by atoms with van der Waals surface area (Å²) < 4.78 is 20.5. The molecule has 2 aromatic rings. The summed E-state index contributed by atoms with van der Waals surface area (Å²) in [6.45, 7) is 0. The summed E-state index contributed by atoms with van der Waals surface area (Å²) in [7, 11) is 4.03. The zero-order valence-electron chi connectivity index (χ0n) is 11.3. The average molecular weight is 313 g/mol. The van der Waals surface area contributed by atoms with Crippen LogP contribution in [0.15, 0.2) is 15.7 Å². The Morgan fingerprint density at radius 2 is 1.86 bits per heavy atom. The maximum Gasteiger partial charge on any atom is 0.327 e. The lowest BCUT2D eigenvalue weighted by Gasteiger charge is -2.13. The predicted octanol–water partition coefficient (Wildman–Crippen LogP) is 1.96. The Morgan fingerprint density at radius 1 is 1.19 bits per heavy atom. The van der Waals surface area contributed by atoms with Crippen LogP contribution in [0, 0.1) is 10.1 Å². The first-order valence-corrected chi connectivity index (χ1v) is 5.98. The molecule has 0 saturated carbocycles. The second kappa shape index (κ2) is 5.87. The fraction of sp³-hybridized carbons (Fsp3) is 0.273. The predicted molar refractivity (Wildman–Crippen MR) is 73.3 cm³/mol. The van der Waals surface area contributed by atoms with E-state index in [0.29, 0.717) is 0 Å². The summed E-state index contributed by atoms with van der Waals surface area (Å²) in [5.74, 6) is 0.150. The van der Waals surface area contributed by atoms with E-state index in [4.69, 9.17) is 18.6 Å². The number of hydrogen-bond donors (Lipinski definition) is 1. The maximum atomic E-state index is 11.4. The summed E-state index contributed by atoms with van der Waals surface area (Å²) in [6.07, 6.45) is 0. The third-order valence-corrected chi connectivity index (χ3v) is 2.81. The molecule has 1 aromatic heterocycles. The van der Waals surface area contributed by atoms with E-state index < -0.39 is 4.92 Å². The third kappa shape index (κ3) is 2.57. The number of hydrogen-bond acceptors (Lipinski definition) is 9. The number of nitrogens with zero attached hydrogens (tertiary/aromatic N) is 3. The summed E-state index contributed by atoms with van der Waals surface area (Å²) in [4.78, 5) is 10.7. The Bertz CT molecular complexity index is 687. The lowest BCUT2D eigenvalue weighted by molar-refractivity contribution is -0.385. The minimum absolute atomic E-state index is 0.0203. The highest BCUT2D eigenvalue weighted by Gasteiger charge is 2.32. The van der Waals surface area contributed by atoms with Gasteiger partial charge in [-0.15, -0.1) is 10.2 Å². The molecule has 1 heterocycles. The molecule has 0 radical (unpaired) electrons. The monoisotopic (exact) mass is 313 g/mol. The molecule has 1 aromatic carbocycles. The Balaban J connectivity index is 2.82. The highest BCUT2D eigenvalue weighted by atomic mass is 32.1. The molecule has 2 rings (SSSR count). The van der Waals surface area contributed by atoms with Crippen molar-refractivity contribution in [2.75, 3.05) is 21.3 Å². The van der Waals surface area contributed by atoms with Crippen LogP contribution in [0.1, 0.15) is 0 Å². The van der Waals surface area contributed by atoms with E-state index in [0.717, 1.165) is 0 Å². The topological polar surface area (TPSA) is 110 Å². The Morgan fingerprint density at radius 3 is 2.29 bits per heavy atom. The van der Waals surface area contributed by atoms with Crippen LogP contribution in [0.4, 0.5) is 5.69 Å². The molecule has 0 aliphatic rings. The van der Waals surface area contributed by atoms with Crippen LogP contribution < -0.4 is 14.2 Å². The van der Waals surface area contributed by atoms with Gasteiger partial charge < -0.3 is 18.6 Å². The van der Waals surface area contributed by atoms with Crippen LogP contribution in [0.25, 0.3) is 11.5 Å². The van der Waals surface area contributed by atoms with Gasteiger partial charge in [0.05, 0.1) is 26.3 Å².